The van der Waals surface area contributed by atoms with E-state index in [9.17, 15) is 27.6 Å². The molecule has 2 N–H and O–H groups in total. The van der Waals surface area contributed by atoms with Crippen molar-refractivity contribution in [2.24, 2.45) is 0 Å². The topological polar surface area (TPSA) is 84.0 Å². The van der Waals surface area contributed by atoms with Crippen LogP contribution in [0.5, 0.6) is 0 Å². The third-order valence-corrected chi connectivity index (χ3v) is 3.41. The highest BCUT2D eigenvalue weighted by Crippen LogP contribution is 2.15. The molecule has 128 valence electrons. The van der Waals surface area contributed by atoms with Gasteiger partial charge >= 0.3 is 11.9 Å². The van der Waals surface area contributed by atoms with E-state index in [1.807, 2.05) is 0 Å². The maximum atomic E-state index is 12.2. The maximum absolute atomic E-state index is 12.2. The van der Waals surface area contributed by atoms with Crippen molar-refractivity contribution in [3.63, 3.8) is 0 Å². The van der Waals surface area contributed by atoms with Crippen LogP contribution in [0.4, 0.5) is 13.2 Å². The minimum atomic E-state index is -4.62. The molecule has 0 spiro atoms. The average molecular weight is 362 g/mol. The number of aromatic nitrogens is 2. The van der Waals surface area contributed by atoms with Gasteiger partial charge in [-0.05, 0) is 11.6 Å². The standard InChI is InChI=1S/C14H11ClF3N3O3/c15-10-4-2-1-3-8(10)6-21-12(23)9(5-19-13(21)24)11(22)20-7-14(16,17)18/h1-5H,6-7H2,(H,19,24)(H,20,22). The summed E-state index contributed by atoms with van der Waals surface area (Å²) in [6.45, 7) is -1.82. The largest absolute Gasteiger partial charge is 0.405 e. The average Bonchev–Trinajstić information content (AvgIpc) is 2.50. The molecule has 6 nitrogen and oxygen atoms in total. The van der Waals surface area contributed by atoms with Crippen molar-refractivity contribution in [3.8, 4) is 0 Å². The second-order valence-electron chi connectivity index (χ2n) is 4.79. The number of carbonyl (C=O) groups is 1. The summed E-state index contributed by atoms with van der Waals surface area (Å²) in [4.78, 5) is 37.9. The van der Waals surface area contributed by atoms with E-state index in [0.29, 0.717) is 15.2 Å². The Morgan fingerprint density at radius 2 is 1.92 bits per heavy atom. The van der Waals surface area contributed by atoms with Crippen molar-refractivity contribution in [1.29, 1.82) is 0 Å². The second kappa shape index (κ2) is 6.91. The van der Waals surface area contributed by atoms with Gasteiger partial charge < -0.3 is 10.3 Å². The first-order valence-electron chi connectivity index (χ1n) is 6.60. The van der Waals surface area contributed by atoms with E-state index >= 15 is 0 Å². The number of hydrogen-bond donors (Lipinski definition) is 2. The Bertz CT molecular complexity index is 874. The highest BCUT2D eigenvalue weighted by atomic mass is 35.5. The molecule has 0 aliphatic carbocycles. The quantitative estimate of drug-likeness (QED) is 0.866. The van der Waals surface area contributed by atoms with E-state index < -0.39 is 35.4 Å². The van der Waals surface area contributed by atoms with E-state index in [4.69, 9.17) is 11.6 Å². The van der Waals surface area contributed by atoms with Gasteiger partial charge in [-0.3, -0.25) is 14.2 Å². The summed E-state index contributed by atoms with van der Waals surface area (Å²) in [5.74, 6) is -1.23. The molecule has 0 unspecified atom stereocenters. The number of amides is 1. The Morgan fingerprint density at radius 3 is 2.54 bits per heavy atom. The minimum Gasteiger partial charge on any atom is -0.343 e. The highest BCUT2D eigenvalue weighted by molar-refractivity contribution is 6.31. The molecule has 0 radical (unpaired) electrons. The number of hydrogen-bond acceptors (Lipinski definition) is 3. The van der Waals surface area contributed by atoms with Gasteiger partial charge in [0.05, 0.1) is 6.54 Å². The van der Waals surface area contributed by atoms with Crippen molar-refractivity contribution in [3.05, 3.63) is 67.4 Å². The number of nitrogens with zero attached hydrogens (tertiary/aromatic N) is 1. The Labute approximate surface area is 137 Å². The van der Waals surface area contributed by atoms with Crippen LogP contribution in [0, 0.1) is 0 Å². The van der Waals surface area contributed by atoms with Crippen LogP contribution in [0.2, 0.25) is 5.02 Å². The number of benzene rings is 1. The number of nitrogens with one attached hydrogen (secondary N) is 2. The number of carbonyl (C=O) groups excluding carboxylic acids is 1. The molecule has 1 aromatic carbocycles. The van der Waals surface area contributed by atoms with E-state index in [0.717, 1.165) is 6.20 Å². The van der Waals surface area contributed by atoms with Crippen molar-refractivity contribution in [2.75, 3.05) is 6.54 Å². The van der Waals surface area contributed by atoms with Crippen LogP contribution in [-0.2, 0) is 6.54 Å². The third kappa shape index (κ3) is 4.25. The highest BCUT2D eigenvalue weighted by Gasteiger charge is 2.28. The van der Waals surface area contributed by atoms with Crippen LogP contribution in [-0.4, -0.2) is 28.2 Å². The molecule has 1 aromatic heterocycles. The van der Waals surface area contributed by atoms with Gasteiger partial charge in [-0.25, -0.2) is 4.79 Å². The minimum absolute atomic E-state index is 0.228. The van der Waals surface area contributed by atoms with Crippen LogP contribution >= 0.6 is 11.6 Å². The molecular weight excluding hydrogens is 351 g/mol. The first kappa shape index (κ1) is 17.8. The van der Waals surface area contributed by atoms with Crippen molar-refractivity contribution < 1.29 is 18.0 Å². The summed E-state index contributed by atoms with van der Waals surface area (Å²) in [6, 6.07) is 6.42. The predicted octanol–water partition coefficient (Wildman–Crippen LogP) is 1.53. The third-order valence-electron chi connectivity index (χ3n) is 3.04. The van der Waals surface area contributed by atoms with Crippen LogP contribution in [0.1, 0.15) is 15.9 Å². The Kier molecular flexibility index (Phi) is 5.13. The fourth-order valence-corrected chi connectivity index (χ4v) is 2.09. The molecule has 0 bridgehead atoms. The van der Waals surface area contributed by atoms with Crippen LogP contribution in [0.15, 0.2) is 40.1 Å². The van der Waals surface area contributed by atoms with Gasteiger partial charge in [-0.1, -0.05) is 29.8 Å². The number of halogens is 4. The summed E-state index contributed by atoms with van der Waals surface area (Å²) in [5, 5.41) is 1.88. The SMILES string of the molecule is O=C(NCC(F)(F)F)c1c[nH]c(=O)n(Cc2ccccc2Cl)c1=O. The van der Waals surface area contributed by atoms with Gasteiger partial charge in [0.25, 0.3) is 11.5 Å². The fourth-order valence-electron chi connectivity index (χ4n) is 1.89. The molecule has 2 rings (SSSR count). The van der Waals surface area contributed by atoms with Crippen LogP contribution in [0.3, 0.4) is 0 Å². The number of alkyl halides is 3. The molecule has 0 atom stereocenters. The molecule has 2 aromatic rings. The zero-order valence-electron chi connectivity index (χ0n) is 12.0. The van der Waals surface area contributed by atoms with Crippen molar-refractivity contribution in [1.82, 2.24) is 14.9 Å². The summed E-state index contributed by atoms with van der Waals surface area (Å²) in [6.07, 6.45) is -3.84. The molecule has 0 saturated heterocycles. The Balaban J connectivity index is 2.34. The van der Waals surface area contributed by atoms with Gasteiger partial charge in [-0.15, -0.1) is 0 Å². The van der Waals surface area contributed by atoms with Crippen molar-refractivity contribution >= 4 is 17.5 Å². The van der Waals surface area contributed by atoms with E-state index in [1.54, 1.807) is 29.6 Å². The molecule has 0 fully saturated rings. The number of aromatic amines is 1. The molecule has 1 heterocycles. The molecule has 24 heavy (non-hydrogen) atoms. The molecular formula is C14H11ClF3N3O3. The second-order valence-corrected chi connectivity index (χ2v) is 5.20. The first-order chi connectivity index (χ1) is 11.2. The summed E-state index contributed by atoms with van der Waals surface area (Å²) >= 11 is 5.95. The molecule has 0 aliphatic rings. The van der Waals surface area contributed by atoms with E-state index in [2.05, 4.69) is 4.98 Å². The zero-order valence-corrected chi connectivity index (χ0v) is 12.7. The first-order valence-corrected chi connectivity index (χ1v) is 6.98. The normalized spacial score (nSPS) is 11.3. The lowest BCUT2D eigenvalue weighted by Gasteiger charge is -2.10. The Morgan fingerprint density at radius 1 is 1.25 bits per heavy atom. The maximum Gasteiger partial charge on any atom is 0.405 e. The molecule has 10 heteroatoms. The molecule has 0 aliphatic heterocycles. The predicted molar refractivity (Wildman–Crippen MR) is 80.3 cm³/mol. The zero-order chi connectivity index (χ0) is 17.9. The molecule has 0 saturated carbocycles. The lowest BCUT2D eigenvalue weighted by atomic mass is 10.2. The van der Waals surface area contributed by atoms with Crippen LogP contribution in [0.25, 0.3) is 0 Å². The number of H-pyrrole nitrogens is 1. The Hall–Kier alpha value is -2.55. The van der Waals surface area contributed by atoms with Gasteiger partial charge in [0.1, 0.15) is 12.1 Å². The lowest BCUT2D eigenvalue weighted by Crippen LogP contribution is -2.42. The number of rotatable bonds is 4. The van der Waals surface area contributed by atoms with Gasteiger partial charge in [-0.2, -0.15) is 13.2 Å². The summed E-state index contributed by atoms with van der Waals surface area (Å²) in [5.41, 5.74) is -1.99. The van der Waals surface area contributed by atoms with Crippen molar-refractivity contribution in [2.45, 2.75) is 12.7 Å². The fraction of sp³-hybridized carbons (Fsp3) is 0.214. The summed E-state index contributed by atoms with van der Waals surface area (Å²) in [7, 11) is 0. The van der Waals surface area contributed by atoms with Gasteiger partial charge in [0, 0.05) is 11.2 Å². The monoisotopic (exact) mass is 361 g/mol. The lowest BCUT2D eigenvalue weighted by molar-refractivity contribution is -0.123. The summed E-state index contributed by atoms with van der Waals surface area (Å²) < 4.78 is 37.1. The molecule has 1 amide bonds. The van der Waals surface area contributed by atoms with Gasteiger partial charge in [0.2, 0.25) is 0 Å². The van der Waals surface area contributed by atoms with Crippen LogP contribution < -0.4 is 16.6 Å². The van der Waals surface area contributed by atoms with Gasteiger partial charge in [0.15, 0.2) is 0 Å². The van der Waals surface area contributed by atoms with E-state index in [-0.39, 0.29) is 6.54 Å². The smallest absolute Gasteiger partial charge is 0.343 e. The van der Waals surface area contributed by atoms with E-state index in [1.165, 1.54) is 0 Å².